The standard InChI is InChI=1S/C23H24ClNO3/c1-22(2,3)15-6-4-14(5-7-15)20(26)17-12-16(24)13-18-19(17)21(27)28-23(18)8-10-25-11-9-23/h4-7,12-13,25H,8-11H2,1-3H3. The summed E-state index contributed by atoms with van der Waals surface area (Å²) in [5.74, 6) is -0.634. The highest BCUT2D eigenvalue weighted by Crippen LogP contribution is 2.45. The molecule has 2 aromatic rings. The van der Waals surface area contributed by atoms with E-state index in [2.05, 4.69) is 26.1 Å². The van der Waals surface area contributed by atoms with Crippen LogP contribution in [-0.2, 0) is 15.8 Å². The Bertz CT molecular complexity index is 951. The Morgan fingerprint density at radius 3 is 2.36 bits per heavy atom. The van der Waals surface area contributed by atoms with Gasteiger partial charge >= 0.3 is 5.97 Å². The summed E-state index contributed by atoms with van der Waals surface area (Å²) in [5, 5.41) is 3.73. The monoisotopic (exact) mass is 397 g/mol. The van der Waals surface area contributed by atoms with Gasteiger partial charge in [0.05, 0.1) is 5.56 Å². The van der Waals surface area contributed by atoms with Crippen LogP contribution in [0, 0.1) is 0 Å². The number of hydrogen-bond acceptors (Lipinski definition) is 4. The molecule has 1 N–H and O–H groups in total. The van der Waals surface area contributed by atoms with Gasteiger partial charge in [-0.15, -0.1) is 0 Å². The van der Waals surface area contributed by atoms with Crippen molar-refractivity contribution in [2.24, 2.45) is 0 Å². The van der Waals surface area contributed by atoms with Crippen LogP contribution in [0.25, 0.3) is 0 Å². The van der Waals surface area contributed by atoms with Crippen LogP contribution in [0.1, 0.15) is 71.0 Å². The summed E-state index contributed by atoms with van der Waals surface area (Å²) in [5.41, 5.74) is 2.46. The number of nitrogens with one attached hydrogen (secondary N) is 1. The molecular formula is C23H24ClNO3. The second-order valence-electron chi connectivity index (χ2n) is 8.67. The van der Waals surface area contributed by atoms with Gasteiger partial charge in [-0.25, -0.2) is 4.79 Å². The second kappa shape index (κ2) is 6.71. The summed E-state index contributed by atoms with van der Waals surface area (Å²) in [7, 11) is 0. The van der Waals surface area contributed by atoms with E-state index in [1.54, 1.807) is 12.1 Å². The van der Waals surface area contributed by atoms with Gasteiger partial charge in [0.2, 0.25) is 0 Å². The minimum Gasteiger partial charge on any atom is -0.450 e. The van der Waals surface area contributed by atoms with Gasteiger partial charge in [0.1, 0.15) is 5.60 Å². The molecule has 0 amide bonds. The zero-order valence-electron chi connectivity index (χ0n) is 16.4. The molecule has 1 fully saturated rings. The van der Waals surface area contributed by atoms with Crippen LogP contribution in [0.3, 0.4) is 0 Å². The molecule has 2 heterocycles. The quantitative estimate of drug-likeness (QED) is 0.593. The largest absolute Gasteiger partial charge is 0.450 e. The van der Waals surface area contributed by atoms with E-state index in [9.17, 15) is 9.59 Å². The lowest BCUT2D eigenvalue weighted by Gasteiger charge is -2.33. The Kier molecular flexibility index (Phi) is 4.59. The molecule has 146 valence electrons. The fraction of sp³-hybridized carbons (Fsp3) is 0.391. The van der Waals surface area contributed by atoms with E-state index in [0.29, 0.717) is 34.6 Å². The van der Waals surface area contributed by atoms with Gasteiger partial charge in [-0.05, 0) is 36.2 Å². The number of halogens is 1. The Balaban J connectivity index is 1.78. The van der Waals surface area contributed by atoms with Crippen molar-refractivity contribution in [1.29, 1.82) is 0 Å². The number of benzene rings is 2. The number of ketones is 1. The number of carbonyl (C=O) groups is 2. The molecule has 2 aliphatic heterocycles. The first-order chi connectivity index (χ1) is 13.2. The van der Waals surface area contributed by atoms with Crippen molar-refractivity contribution in [2.45, 2.75) is 44.6 Å². The molecule has 1 saturated heterocycles. The van der Waals surface area contributed by atoms with E-state index in [1.165, 1.54) is 0 Å². The third-order valence-electron chi connectivity index (χ3n) is 5.76. The molecule has 4 rings (SSSR count). The normalized spacial score (nSPS) is 18.1. The highest BCUT2D eigenvalue weighted by molar-refractivity contribution is 6.31. The number of piperidine rings is 1. The van der Waals surface area contributed by atoms with Crippen LogP contribution >= 0.6 is 11.6 Å². The average Bonchev–Trinajstić information content (AvgIpc) is 2.92. The van der Waals surface area contributed by atoms with Crippen molar-refractivity contribution in [3.8, 4) is 0 Å². The Labute approximate surface area is 170 Å². The minimum absolute atomic E-state index is 0.00405. The Morgan fingerprint density at radius 2 is 1.75 bits per heavy atom. The van der Waals surface area contributed by atoms with E-state index in [4.69, 9.17) is 16.3 Å². The molecular weight excluding hydrogens is 374 g/mol. The zero-order valence-corrected chi connectivity index (χ0v) is 17.2. The minimum atomic E-state index is -0.673. The molecule has 2 aromatic carbocycles. The third-order valence-corrected chi connectivity index (χ3v) is 5.97. The lowest BCUT2D eigenvalue weighted by Crippen LogP contribution is -2.40. The lowest BCUT2D eigenvalue weighted by atomic mass is 9.82. The summed E-state index contributed by atoms with van der Waals surface area (Å²) in [6.45, 7) is 7.90. The fourth-order valence-electron chi connectivity index (χ4n) is 4.13. The summed E-state index contributed by atoms with van der Waals surface area (Å²) >= 11 is 6.36. The molecule has 1 spiro atoms. The summed E-state index contributed by atoms with van der Waals surface area (Å²) in [6, 6.07) is 10.9. The molecule has 0 radical (unpaired) electrons. The van der Waals surface area contributed by atoms with Crippen molar-refractivity contribution >= 4 is 23.4 Å². The number of ether oxygens (including phenoxy) is 1. The van der Waals surface area contributed by atoms with Crippen LogP contribution in [-0.4, -0.2) is 24.8 Å². The summed E-state index contributed by atoms with van der Waals surface area (Å²) in [6.07, 6.45) is 1.36. The zero-order chi connectivity index (χ0) is 20.1. The van der Waals surface area contributed by atoms with Crippen molar-refractivity contribution in [2.75, 3.05) is 13.1 Å². The SMILES string of the molecule is CC(C)(C)c1ccc(C(=O)c2cc(Cl)cc3c2C(=O)OC32CCNCC2)cc1. The molecule has 0 bridgehead atoms. The van der Waals surface area contributed by atoms with Gasteiger partial charge in [-0.1, -0.05) is 56.6 Å². The van der Waals surface area contributed by atoms with E-state index < -0.39 is 11.6 Å². The van der Waals surface area contributed by atoms with Gasteiger partial charge in [0.25, 0.3) is 0 Å². The number of fused-ring (bicyclic) bond motifs is 2. The number of esters is 1. The molecule has 28 heavy (non-hydrogen) atoms. The van der Waals surface area contributed by atoms with Crippen molar-refractivity contribution in [3.63, 3.8) is 0 Å². The van der Waals surface area contributed by atoms with Crippen LogP contribution in [0.2, 0.25) is 5.02 Å². The highest BCUT2D eigenvalue weighted by Gasteiger charge is 2.48. The van der Waals surface area contributed by atoms with Crippen LogP contribution < -0.4 is 5.32 Å². The lowest BCUT2D eigenvalue weighted by molar-refractivity contribution is -0.0242. The van der Waals surface area contributed by atoms with Crippen LogP contribution in [0.5, 0.6) is 0 Å². The maximum Gasteiger partial charge on any atom is 0.340 e. The number of hydrogen-bond donors (Lipinski definition) is 1. The predicted molar refractivity (Wildman–Crippen MR) is 109 cm³/mol. The van der Waals surface area contributed by atoms with E-state index in [1.807, 2.05) is 24.3 Å². The molecule has 0 saturated carbocycles. The predicted octanol–water partition coefficient (Wildman–Crippen LogP) is 4.62. The van der Waals surface area contributed by atoms with Gasteiger partial charge in [0, 0.05) is 34.6 Å². The first kappa shape index (κ1) is 19.2. The fourth-order valence-corrected chi connectivity index (χ4v) is 4.35. The Hall–Kier alpha value is -2.17. The van der Waals surface area contributed by atoms with E-state index in [0.717, 1.165) is 24.2 Å². The van der Waals surface area contributed by atoms with Crippen LogP contribution in [0.4, 0.5) is 0 Å². The van der Waals surface area contributed by atoms with Crippen molar-refractivity contribution in [1.82, 2.24) is 5.32 Å². The van der Waals surface area contributed by atoms with Gasteiger partial charge < -0.3 is 10.1 Å². The van der Waals surface area contributed by atoms with Crippen molar-refractivity contribution < 1.29 is 14.3 Å². The number of carbonyl (C=O) groups excluding carboxylic acids is 2. The Morgan fingerprint density at radius 1 is 1.11 bits per heavy atom. The smallest absolute Gasteiger partial charge is 0.340 e. The average molecular weight is 398 g/mol. The first-order valence-corrected chi connectivity index (χ1v) is 10.0. The molecule has 2 aliphatic rings. The second-order valence-corrected chi connectivity index (χ2v) is 9.10. The maximum atomic E-state index is 13.3. The van der Waals surface area contributed by atoms with E-state index >= 15 is 0 Å². The number of rotatable bonds is 2. The summed E-state index contributed by atoms with van der Waals surface area (Å²) < 4.78 is 5.82. The molecule has 5 heteroatoms. The maximum absolute atomic E-state index is 13.3. The van der Waals surface area contributed by atoms with Gasteiger partial charge in [-0.2, -0.15) is 0 Å². The van der Waals surface area contributed by atoms with Gasteiger partial charge in [0.15, 0.2) is 5.78 Å². The summed E-state index contributed by atoms with van der Waals surface area (Å²) in [4.78, 5) is 26.0. The third kappa shape index (κ3) is 3.15. The molecule has 0 aliphatic carbocycles. The molecule has 0 atom stereocenters. The van der Waals surface area contributed by atoms with Gasteiger partial charge in [-0.3, -0.25) is 4.79 Å². The topological polar surface area (TPSA) is 55.4 Å². The molecule has 0 unspecified atom stereocenters. The van der Waals surface area contributed by atoms with Crippen LogP contribution in [0.15, 0.2) is 36.4 Å². The van der Waals surface area contributed by atoms with E-state index in [-0.39, 0.29) is 11.2 Å². The van der Waals surface area contributed by atoms with Crippen molar-refractivity contribution in [3.05, 3.63) is 69.2 Å². The first-order valence-electron chi connectivity index (χ1n) is 9.65. The molecule has 4 nitrogen and oxygen atoms in total. The highest BCUT2D eigenvalue weighted by atomic mass is 35.5. The molecule has 0 aromatic heterocycles.